The van der Waals surface area contributed by atoms with E-state index in [4.69, 9.17) is 6.42 Å². The van der Waals surface area contributed by atoms with Crippen LogP contribution in [-0.4, -0.2) is 5.78 Å². The Morgan fingerprint density at radius 1 is 1.86 bits per heavy atom. The van der Waals surface area contributed by atoms with E-state index in [1.807, 2.05) is 0 Å². The van der Waals surface area contributed by atoms with Gasteiger partial charge in [0.15, 0.2) is 0 Å². The Morgan fingerprint density at radius 3 is 2.57 bits per heavy atom. The standard InChI is InChI=1S/C6H8O/c1-3-4-5-6(2)7/h1H,4-5H2,2H3. The first-order valence-corrected chi connectivity index (χ1v) is 2.20. The van der Waals surface area contributed by atoms with E-state index in [1.165, 1.54) is 6.92 Å². The second-order valence-electron chi connectivity index (χ2n) is 1.41. The molecular formula is C6H8O. The van der Waals surface area contributed by atoms with Gasteiger partial charge in [0.2, 0.25) is 0 Å². The first-order valence-electron chi connectivity index (χ1n) is 2.20. The molecule has 0 saturated carbocycles. The maximum atomic E-state index is 10.1. The van der Waals surface area contributed by atoms with Crippen LogP contribution in [0.2, 0.25) is 0 Å². The van der Waals surface area contributed by atoms with Crippen molar-refractivity contribution in [1.82, 2.24) is 0 Å². The average Bonchev–Trinajstić information content (AvgIpc) is 1.61. The summed E-state index contributed by atoms with van der Waals surface area (Å²) in [6.07, 6.45) is 5.98. The molecule has 0 radical (unpaired) electrons. The summed E-state index contributed by atoms with van der Waals surface area (Å²) in [6, 6.07) is 0. The van der Waals surface area contributed by atoms with Crippen molar-refractivity contribution in [2.45, 2.75) is 19.8 Å². The molecular weight excluding hydrogens is 88.1 g/mol. The fourth-order valence-electron chi connectivity index (χ4n) is 0.248. The third-order valence-corrected chi connectivity index (χ3v) is 0.621. The molecule has 0 heterocycles. The van der Waals surface area contributed by atoms with Crippen LogP contribution in [0.25, 0.3) is 0 Å². The summed E-state index contributed by atoms with van der Waals surface area (Å²) in [6.45, 7) is 1.54. The van der Waals surface area contributed by atoms with Crippen molar-refractivity contribution in [1.29, 1.82) is 0 Å². The Kier molecular flexibility index (Phi) is 3.04. The zero-order chi connectivity index (χ0) is 5.70. The highest BCUT2D eigenvalue weighted by Crippen LogP contribution is 1.84. The minimum absolute atomic E-state index is 0.165. The van der Waals surface area contributed by atoms with E-state index in [9.17, 15) is 4.79 Å². The van der Waals surface area contributed by atoms with Gasteiger partial charge in [0.25, 0.3) is 0 Å². The molecule has 0 N–H and O–H groups in total. The maximum absolute atomic E-state index is 10.1. The third-order valence-electron chi connectivity index (χ3n) is 0.621. The monoisotopic (exact) mass is 96.1 g/mol. The summed E-state index contributed by atoms with van der Waals surface area (Å²) in [5.74, 6) is 2.54. The Labute approximate surface area is 43.7 Å². The molecule has 38 valence electrons. The number of carbonyl (C=O) groups is 1. The van der Waals surface area contributed by atoms with Crippen LogP contribution in [0, 0.1) is 12.3 Å². The number of carbonyl (C=O) groups excluding carboxylic acids is 1. The highest BCUT2D eigenvalue weighted by molar-refractivity contribution is 5.75. The molecule has 0 unspecified atom stereocenters. The van der Waals surface area contributed by atoms with Gasteiger partial charge in [0.05, 0.1) is 0 Å². The van der Waals surface area contributed by atoms with Crippen LogP contribution >= 0.6 is 0 Å². The van der Waals surface area contributed by atoms with Crippen LogP contribution in [-0.2, 0) is 4.79 Å². The minimum atomic E-state index is 0.165. The van der Waals surface area contributed by atoms with Crippen LogP contribution < -0.4 is 0 Å². The van der Waals surface area contributed by atoms with E-state index in [0.717, 1.165) is 0 Å². The lowest BCUT2D eigenvalue weighted by molar-refractivity contribution is -0.116. The number of rotatable bonds is 2. The summed E-state index contributed by atoms with van der Waals surface area (Å²) < 4.78 is 0. The van der Waals surface area contributed by atoms with Gasteiger partial charge in [-0.25, -0.2) is 0 Å². The van der Waals surface area contributed by atoms with Gasteiger partial charge in [-0.1, -0.05) is 0 Å². The van der Waals surface area contributed by atoms with E-state index >= 15 is 0 Å². The van der Waals surface area contributed by atoms with Crippen LogP contribution in [0.5, 0.6) is 0 Å². The van der Waals surface area contributed by atoms with Crippen molar-refractivity contribution in [3.8, 4) is 12.3 Å². The first-order chi connectivity index (χ1) is 3.27. The van der Waals surface area contributed by atoms with E-state index in [1.54, 1.807) is 0 Å². The predicted molar refractivity (Wildman–Crippen MR) is 28.7 cm³/mol. The van der Waals surface area contributed by atoms with Gasteiger partial charge in [-0.15, -0.1) is 12.3 Å². The first kappa shape index (κ1) is 6.23. The maximum Gasteiger partial charge on any atom is 0.130 e. The van der Waals surface area contributed by atoms with Gasteiger partial charge < -0.3 is 0 Å². The minimum Gasteiger partial charge on any atom is -0.300 e. The van der Waals surface area contributed by atoms with E-state index in [2.05, 4.69) is 5.92 Å². The van der Waals surface area contributed by atoms with E-state index in [0.29, 0.717) is 12.8 Å². The highest BCUT2D eigenvalue weighted by Gasteiger charge is 1.85. The molecule has 0 aromatic heterocycles. The molecule has 0 saturated heterocycles. The quantitative estimate of drug-likeness (QED) is 0.468. The molecule has 0 spiro atoms. The molecule has 0 fully saturated rings. The lowest BCUT2D eigenvalue weighted by atomic mass is 10.2. The summed E-state index contributed by atoms with van der Waals surface area (Å²) in [4.78, 5) is 10.1. The lowest BCUT2D eigenvalue weighted by Gasteiger charge is -1.80. The van der Waals surface area contributed by atoms with Gasteiger partial charge in [-0.3, -0.25) is 4.79 Å². The summed E-state index contributed by atoms with van der Waals surface area (Å²) in [5.41, 5.74) is 0. The molecule has 1 heteroatoms. The van der Waals surface area contributed by atoms with Crippen LogP contribution in [0.1, 0.15) is 19.8 Å². The molecule has 7 heavy (non-hydrogen) atoms. The SMILES string of the molecule is C#CCCC(C)=O. The Morgan fingerprint density at radius 2 is 2.43 bits per heavy atom. The number of ketones is 1. The molecule has 0 aliphatic heterocycles. The number of hydrogen-bond donors (Lipinski definition) is 0. The van der Waals surface area contributed by atoms with Gasteiger partial charge >= 0.3 is 0 Å². The van der Waals surface area contributed by atoms with Crippen molar-refractivity contribution in [2.24, 2.45) is 0 Å². The molecule has 0 rings (SSSR count). The van der Waals surface area contributed by atoms with Crippen LogP contribution in [0.3, 0.4) is 0 Å². The van der Waals surface area contributed by atoms with E-state index < -0.39 is 0 Å². The van der Waals surface area contributed by atoms with Gasteiger partial charge in [-0.2, -0.15) is 0 Å². The van der Waals surface area contributed by atoms with Gasteiger partial charge in [-0.05, 0) is 6.92 Å². The van der Waals surface area contributed by atoms with Gasteiger partial charge in [0, 0.05) is 12.8 Å². The van der Waals surface area contributed by atoms with E-state index in [-0.39, 0.29) is 5.78 Å². The fourth-order valence-corrected chi connectivity index (χ4v) is 0.248. The van der Waals surface area contributed by atoms with Gasteiger partial charge in [0.1, 0.15) is 5.78 Å². The molecule has 0 aromatic carbocycles. The highest BCUT2D eigenvalue weighted by atomic mass is 16.1. The molecule has 0 amide bonds. The summed E-state index contributed by atoms with van der Waals surface area (Å²) >= 11 is 0. The number of terminal acetylenes is 1. The largest absolute Gasteiger partial charge is 0.300 e. The summed E-state index contributed by atoms with van der Waals surface area (Å²) in [5, 5.41) is 0. The molecule has 0 atom stereocenters. The molecule has 0 bridgehead atoms. The molecule has 1 nitrogen and oxygen atoms in total. The Hall–Kier alpha value is -0.770. The lowest BCUT2D eigenvalue weighted by Crippen LogP contribution is -1.85. The summed E-state index contributed by atoms with van der Waals surface area (Å²) in [7, 11) is 0. The van der Waals surface area contributed by atoms with Crippen molar-refractivity contribution in [2.75, 3.05) is 0 Å². The second-order valence-corrected chi connectivity index (χ2v) is 1.41. The second kappa shape index (κ2) is 3.42. The molecule has 0 aliphatic carbocycles. The van der Waals surface area contributed by atoms with Crippen molar-refractivity contribution in [3.63, 3.8) is 0 Å². The van der Waals surface area contributed by atoms with Crippen LogP contribution in [0.15, 0.2) is 0 Å². The zero-order valence-corrected chi connectivity index (χ0v) is 4.40. The molecule has 0 aromatic rings. The number of Topliss-reactive ketones (excluding diaryl/α,β-unsaturated/α-hetero) is 1. The average molecular weight is 96.1 g/mol. The zero-order valence-electron chi connectivity index (χ0n) is 4.40. The topological polar surface area (TPSA) is 17.1 Å². The van der Waals surface area contributed by atoms with Crippen molar-refractivity contribution >= 4 is 5.78 Å². The fraction of sp³-hybridized carbons (Fsp3) is 0.500. The molecule has 0 aliphatic rings. The Bertz CT molecular complexity index is 97.2. The third kappa shape index (κ3) is 5.23. The smallest absolute Gasteiger partial charge is 0.130 e. The Balaban J connectivity index is 3.02. The predicted octanol–water partition coefficient (Wildman–Crippen LogP) is 0.989. The number of hydrogen-bond acceptors (Lipinski definition) is 1. The van der Waals surface area contributed by atoms with Crippen molar-refractivity contribution in [3.05, 3.63) is 0 Å². The normalized spacial score (nSPS) is 7.43. The van der Waals surface area contributed by atoms with Crippen molar-refractivity contribution < 1.29 is 4.79 Å². The van der Waals surface area contributed by atoms with Crippen LogP contribution in [0.4, 0.5) is 0 Å².